The summed E-state index contributed by atoms with van der Waals surface area (Å²) in [5.74, 6) is 0.731. The molecule has 0 spiro atoms. The number of nitrogens with one attached hydrogen (secondary N) is 1. The monoisotopic (exact) mass is 254 g/mol. The molecule has 1 aliphatic rings. The first-order chi connectivity index (χ1) is 8.14. The van der Waals surface area contributed by atoms with Crippen LogP contribution in [0.4, 0.5) is 5.82 Å². The number of aromatic nitrogens is 2. The van der Waals surface area contributed by atoms with Crippen LogP contribution in [0.1, 0.15) is 25.7 Å². The highest BCUT2D eigenvalue weighted by Gasteiger charge is 2.35. The van der Waals surface area contributed by atoms with Crippen LogP contribution >= 0.6 is 11.6 Å². The first kappa shape index (κ1) is 12.6. The van der Waals surface area contributed by atoms with Gasteiger partial charge in [0.05, 0.1) is 6.20 Å². The summed E-state index contributed by atoms with van der Waals surface area (Å²) in [7, 11) is 4.29. The lowest BCUT2D eigenvalue weighted by Gasteiger charge is -2.36. The van der Waals surface area contributed by atoms with Crippen LogP contribution in [0.2, 0.25) is 5.02 Å². The average Bonchev–Trinajstić information content (AvgIpc) is 2.78. The van der Waals surface area contributed by atoms with Crippen molar-refractivity contribution in [3.8, 4) is 0 Å². The predicted molar refractivity (Wildman–Crippen MR) is 70.4 cm³/mol. The van der Waals surface area contributed by atoms with Crippen LogP contribution in [0, 0.1) is 0 Å². The third-order valence-electron chi connectivity index (χ3n) is 3.74. The second-order valence-electron chi connectivity index (χ2n) is 4.90. The van der Waals surface area contributed by atoms with Gasteiger partial charge in [0, 0.05) is 12.1 Å². The molecule has 0 bridgehead atoms. The highest BCUT2D eigenvalue weighted by molar-refractivity contribution is 6.32. The van der Waals surface area contributed by atoms with Crippen molar-refractivity contribution < 1.29 is 0 Å². The Morgan fingerprint density at radius 3 is 2.71 bits per heavy atom. The molecule has 2 rings (SSSR count). The maximum Gasteiger partial charge on any atom is 0.148 e. The van der Waals surface area contributed by atoms with E-state index in [0.29, 0.717) is 5.02 Å². The second kappa shape index (κ2) is 5.19. The molecule has 5 heteroatoms. The molecule has 0 aliphatic heterocycles. The molecule has 94 valence electrons. The van der Waals surface area contributed by atoms with Gasteiger partial charge in [-0.15, -0.1) is 0 Å². The number of likely N-dealkylation sites (N-methyl/N-ethyl adjacent to an activating group) is 1. The zero-order chi connectivity index (χ0) is 12.3. The van der Waals surface area contributed by atoms with E-state index in [1.807, 2.05) is 0 Å². The summed E-state index contributed by atoms with van der Waals surface area (Å²) in [6, 6.07) is 0. The van der Waals surface area contributed by atoms with Crippen LogP contribution < -0.4 is 5.32 Å². The first-order valence-electron chi connectivity index (χ1n) is 6.01. The van der Waals surface area contributed by atoms with Gasteiger partial charge in [-0.2, -0.15) is 0 Å². The maximum atomic E-state index is 6.03. The van der Waals surface area contributed by atoms with Crippen molar-refractivity contribution in [1.82, 2.24) is 14.9 Å². The number of nitrogens with zero attached hydrogens (tertiary/aromatic N) is 3. The van der Waals surface area contributed by atoms with Crippen LogP contribution in [0.25, 0.3) is 0 Å². The Kier molecular flexibility index (Phi) is 3.84. The molecule has 1 aliphatic carbocycles. The lowest BCUT2D eigenvalue weighted by atomic mass is 9.96. The number of halogens is 1. The third kappa shape index (κ3) is 2.69. The van der Waals surface area contributed by atoms with Gasteiger partial charge in [0.25, 0.3) is 0 Å². The predicted octanol–water partition coefficient (Wildman–Crippen LogP) is 2.42. The van der Waals surface area contributed by atoms with Crippen molar-refractivity contribution in [2.24, 2.45) is 0 Å². The normalized spacial score (nSPS) is 18.6. The largest absolute Gasteiger partial charge is 0.367 e. The highest BCUT2D eigenvalue weighted by atomic mass is 35.5. The van der Waals surface area contributed by atoms with Gasteiger partial charge in [-0.1, -0.05) is 24.4 Å². The second-order valence-corrected chi connectivity index (χ2v) is 5.31. The number of hydrogen-bond acceptors (Lipinski definition) is 4. The molecule has 0 amide bonds. The molecule has 17 heavy (non-hydrogen) atoms. The van der Waals surface area contributed by atoms with Crippen molar-refractivity contribution in [2.45, 2.75) is 31.2 Å². The van der Waals surface area contributed by atoms with E-state index in [9.17, 15) is 0 Å². The molecule has 0 unspecified atom stereocenters. The van der Waals surface area contributed by atoms with Crippen LogP contribution in [0.3, 0.4) is 0 Å². The topological polar surface area (TPSA) is 41.0 Å². The fraction of sp³-hybridized carbons (Fsp3) is 0.667. The quantitative estimate of drug-likeness (QED) is 0.896. The zero-order valence-corrected chi connectivity index (χ0v) is 11.2. The molecule has 1 fully saturated rings. The molecule has 4 nitrogen and oxygen atoms in total. The van der Waals surface area contributed by atoms with Gasteiger partial charge < -0.3 is 10.2 Å². The number of anilines is 1. The van der Waals surface area contributed by atoms with Crippen molar-refractivity contribution in [2.75, 3.05) is 26.0 Å². The highest BCUT2D eigenvalue weighted by Crippen LogP contribution is 2.34. The van der Waals surface area contributed by atoms with Gasteiger partial charge in [0.2, 0.25) is 0 Å². The minimum Gasteiger partial charge on any atom is -0.367 e. The maximum absolute atomic E-state index is 6.03. The fourth-order valence-electron chi connectivity index (χ4n) is 2.51. The van der Waals surface area contributed by atoms with Crippen LogP contribution in [-0.2, 0) is 0 Å². The van der Waals surface area contributed by atoms with Crippen LogP contribution in [0.5, 0.6) is 0 Å². The SMILES string of the molecule is CN(C)C1(CNc2ncncc2Cl)CCCC1. The first-order valence-corrected chi connectivity index (χ1v) is 6.39. The van der Waals surface area contributed by atoms with Crippen molar-refractivity contribution in [3.63, 3.8) is 0 Å². The van der Waals surface area contributed by atoms with Crippen molar-refractivity contribution in [3.05, 3.63) is 17.5 Å². The van der Waals surface area contributed by atoms with E-state index in [0.717, 1.165) is 12.4 Å². The van der Waals surface area contributed by atoms with E-state index in [-0.39, 0.29) is 5.54 Å². The molecule has 0 aromatic carbocycles. The fourth-order valence-corrected chi connectivity index (χ4v) is 2.68. The van der Waals surface area contributed by atoms with Gasteiger partial charge in [-0.25, -0.2) is 9.97 Å². The molecule has 0 atom stereocenters. The van der Waals surface area contributed by atoms with Gasteiger partial charge in [0.1, 0.15) is 17.2 Å². The Morgan fingerprint density at radius 1 is 1.41 bits per heavy atom. The molecule has 0 saturated heterocycles. The van der Waals surface area contributed by atoms with Crippen LogP contribution in [0.15, 0.2) is 12.5 Å². The van der Waals surface area contributed by atoms with E-state index in [2.05, 4.69) is 34.3 Å². The summed E-state index contributed by atoms with van der Waals surface area (Å²) in [5.41, 5.74) is 0.244. The molecule has 1 heterocycles. The van der Waals surface area contributed by atoms with Crippen molar-refractivity contribution in [1.29, 1.82) is 0 Å². The summed E-state index contributed by atoms with van der Waals surface area (Å²) in [6.45, 7) is 0.886. The van der Waals surface area contributed by atoms with E-state index >= 15 is 0 Å². The van der Waals surface area contributed by atoms with E-state index in [1.54, 1.807) is 6.20 Å². The molecular weight excluding hydrogens is 236 g/mol. The lowest BCUT2D eigenvalue weighted by molar-refractivity contribution is 0.172. The molecule has 0 radical (unpaired) electrons. The summed E-state index contributed by atoms with van der Waals surface area (Å²) in [5, 5.41) is 3.94. The van der Waals surface area contributed by atoms with Crippen LogP contribution in [-0.4, -0.2) is 41.0 Å². The summed E-state index contributed by atoms with van der Waals surface area (Å²) in [6.07, 6.45) is 8.21. The van der Waals surface area contributed by atoms with Gasteiger partial charge >= 0.3 is 0 Å². The van der Waals surface area contributed by atoms with Gasteiger partial charge in [-0.3, -0.25) is 0 Å². The Balaban J connectivity index is 2.03. The zero-order valence-electron chi connectivity index (χ0n) is 10.4. The van der Waals surface area contributed by atoms with Gasteiger partial charge in [-0.05, 0) is 26.9 Å². The summed E-state index contributed by atoms with van der Waals surface area (Å²) in [4.78, 5) is 10.4. The molecule has 1 aromatic rings. The Hall–Kier alpha value is -0.870. The molecule has 1 saturated carbocycles. The number of hydrogen-bond donors (Lipinski definition) is 1. The molecule has 1 aromatic heterocycles. The molecule has 1 N–H and O–H groups in total. The minimum absolute atomic E-state index is 0.244. The third-order valence-corrected chi connectivity index (χ3v) is 4.01. The van der Waals surface area contributed by atoms with Gasteiger partial charge in [0.15, 0.2) is 0 Å². The average molecular weight is 255 g/mol. The Bertz CT molecular complexity index is 375. The van der Waals surface area contributed by atoms with E-state index in [1.165, 1.54) is 32.0 Å². The smallest absolute Gasteiger partial charge is 0.148 e. The standard InChI is InChI=1S/C12H19ClN4/c1-17(2)12(5-3-4-6-12)8-15-11-10(13)7-14-9-16-11/h7,9H,3-6,8H2,1-2H3,(H,14,15,16). The Morgan fingerprint density at radius 2 is 2.12 bits per heavy atom. The lowest BCUT2D eigenvalue weighted by Crippen LogP contribution is -2.47. The number of rotatable bonds is 4. The Labute approximate surface area is 107 Å². The van der Waals surface area contributed by atoms with Crippen molar-refractivity contribution >= 4 is 17.4 Å². The summed E-state index contributed by atoms with van der Waals surface area (Å²) < 4.78 is 0. The summed E-state index contributed by atoms with van der Waals surface area (Å²) >= 11 is 6.03. The van der Waals surface area contributed by atoms with E-state index in [4.69, 9.17) is 11.6 Å². The van der Waals surface area contributed by atoms with E-state index < -0.39 is 0 Å². The minimum atomic E-state index is 0.244. The molecular formula is C12H19ClN4.